The normalized spacial score (nSPS) is 12.0. The van der Waals surface area contributed by atoms with Crippen LogP contribution in [0.1, 0.15) is 0 Å². The summed E-state index contributed by atoms with van der Waals surface area (Å²) >= 11 is 0. The molecular weight excluding hydrogens is 372 g/mol. The molecule has 5 aromatic heterocycles. The molecule has 0 amide bonds. The Labute approximate surface area is 169 Å². The van der Waals surface area contributed by atoms with Crippen molar-refractivity contribution in [1.82, 2.24) is 29.9 Å². The molecule has 0 fully saturated rings. The maximum Gasteiger partial charge on any atom is 0.0996 e. The SMILES string of the molecule is c1cnc2c(c1)c1nc3c4cccnc4c4ncccc4c3nc1c1cccnc12. The van der Waals surface area contributed by atoms with Crippen LogP contribution < -0.4 is 0 Å². The molecule has 0 radical (unpaired) electrons. The molecular formula is C24H12N6. The molecule has 0 N–H and O–H groups in total. The van der Waals surface area contributed by atoms with Crippen LogP contribution in [0, 0.1) is 0 Å². The summed E-state index contributed by atoms with van der Waals surface area (Å²) in [5.41, 5.74) is 6.61. The van der Waals surface area contributed by atoms with Gasteiger partial charge in [0.1, 0.15) is 0 Å². The summed E-state index contributed by atoms with van der Waals surface area (Å²) in [5, 5.41) is 3.76. The van der Waals surface area contributed by atoms with E-state index in [2.05, 4.69) is 19.9 Å². The van der Waals surface area contributed by atoms with Crippen molar-refractivity contribution in [2.75, 3.05) is 0 Å². The third-order valence-corrected chi connectivity index (χ3v) is 5.60. The average Bonchev–Trinajstić information content (AvgIpc) is 2.83. The summed E-state index contributed by atoms with van der Waals surface area (Å²) in [6, 6.07) is 15.8. The van der Waals surface area contributed by atoms with E-state index in [-0.39, 0.29) is 0 Å². The summed E-state index contributed by atoms with van der Waals surface area (Å²) < 4.78 is 0. The number of pyridine rings is 4. The summed E-state index contributed by atoms with van der Waals surface area (Å²) in [5.74, 6) is 0. The number of aromatic nitrogens is 6. The smallest absolute Gasteiger partial charge is 0.0996 e. The van der Waals surface area contributed by atoms with Gasteiger partial charge in [0.15, 0.2) is 0 Å². The highest BCUT2D eigenvalue weighted by atomic mass is 14.8. The van der Waals surface area contributed by atoms with Gasteiger partial charge in [-0.25, -0.2) is 9.97 Å². The summed E-state index contributed by atoms with van der Waals surface area (Å²) in [6.45, 7) is 0. The molecule has 2 aromatic carbocycles. The fraction of sp³-hybridized carbons (Fsp3) is 0. The van der Waals surface area contributed by atoms with E-state index in [0.717, 1.165) is 65.7 Å². The van der Waals surface area contributed by atoms with Crippen LogP contribution in [-0.2, 0) is 0 Å². The maximum absolute atomic E-state index is 5.14. The molecule has 7 rings (SSSR count). The van der Waals surface area contributed by atoms with Crippen LogP contribution in [0.25, 0.3) is 65.7 Å². The summed E-state index contributed by atoms with van der Waals surface area (Å²) in [4.78, 5) is 28.7. The Bertz CT molecular complexity index is 1550. The van der Waals surface area contributed by atoms with E-state index in [4.69, 9.17) is 9.97 Å². The second kappa shape index (κ2) is 5.61. The monoisotopic (exact) mass is 384 g/mol. The zero-order valence-corrected chi connectivity index (χ0v) is 15.6. The number of fused-ring (bicyclic) bond motifs is 12. The zero-order valence-electron chi connectivity index (χ0n) is 15.6. The van der Waals surface area contributed by atoms with E-state index >= 15 is 0 Å². The van der Waals surface area contributed by atoms with Crippen molar-refractivity contribution >= 4 is 65.7 Å². The highest BCUT2D eigenvalue weighted by Gasteiger charge is 2.17. The predicted octanol–water partition coefficient (Wildman–Crippen LogP) is 4.98. The lowest BCUT2D eigenvalue weighted by Crippen LogP contribution is -1.96. The van der Waals surface area contributed by atoms with Gasteiger partial charge in [0.25, 0.3) is 0 Å². The molecule has 0 saturated carbocycles. The van der Waals surface area contributed by atoms with Crippen LogP contribution in [0.2, 0.25) is 0 Å². The summed E-state index contributed by atoms with van der Waals surface area (Å²) in [7, 11) is 0. The Morgan fingerprint density at radius 2 is 0.600 bits per heavy atom. The second-order valence-electron chi connectivity index (χ2n) is 7.22. The van der Waals surface area contributed by atoms with Crippen molar-refractivity contribution in [3.8, 4) is 0 Å². The standard InChI is InChI=1S/C24H12N6/c1-5-13-17(25-9-1)18-14(6-2-10-26-18)22-21(13)29-23-15-7-3-11-27-19(15)20-16(24(23)30-22)8-4-12-28-20/h1-12H. The van der Waals surface area contributed by atoms with E-state index in [1.54, 1.807) is 24.8 Å². The van der Waals surface area contributed by atoms with Crippen LogP contribution in [0.3, 0.4) is 0 Å². The summed E-state index contributed by atoms with van der Waals surface area (Å²) in [6.07, 6.45) is 7.15. The molecule has 0 spiro atoms. The highest BCUT2D eigenvalue weighted by molar-refractivity contribution is 6.26. The number of hydrogen-bond donors (Lipinski definition) is 0. The highest BCUT2D eigenvalue weighted by Crippen LogP contribution is 2.36. The van der Waals surface area contributed by atoms with Gasteiger partial charge in [0, 0.05) is 46.3 Å². The van der Waals surface area contributed by atoms with Crippen LogP contribution in [0.5, 0.6) is 0 Å². The first-order valence-electron chi connectivity index (χ1n) is 9.64. The van der Waals surface area contributed by atoms with E-state index in [1.165, 1.54) is 0 Å². The molecule has 138 valence electrons. The van der Waals surface area contributed by atoms with Gasteiger partial charge in [-0.2, -0.15) is 0 Å². The Morgan fingerprint density at radius 1 is 0.333 bits per heavy atom. The van der Waals surface area contributed by atoms with Gasteiger partial charge < -0.3 is 0 Å². The quantitative estimate of drug-likeness (QED) is 0.271. The minimum Gasteiger partial charge on any atom is -0.254 e. The van der Waals surface area contributed by atoms with Crippen LogP contribution in [-0.4, -0.2) is 29.9 Å². The van der Waals surface area contributed by atoms with Gasteiger partial charge in [-0.15, -0.1) is 0 Å². The van der Waals surface area contributed by atoms with E-state index in [0.29, 0.717) is 0 Å². The Hall–Kier alpha value is -4.32. The van der Waals surface area contributed by atoms with Gasteiger partial charge in [0.05, 0.1) is 44.1 Å². The molecule has 0 bridgehead atoms. The first-order valence-corrected chi connectivity index (χ1v) is 9.64. The van der Waals surface area contributed by atoms with Crippen LogP contribution in [0.15, 0.2) is 73.3 Å². The second-order valence-corrected chi connectivity index (χ2v) is 7.22. The first-order chi connectivity index (χ1) is 14.9. The number of hydrogen-bond acceptors (Lipinski definition) is 6. The Kier molecular flexibility index (Phi) is 2.91. The van der Waals surface area contributed by atoms with Crippen molar-refractivity contribution in [3.05, 3.63) is 73.3 Å². The fourth-order valence-electron chi connectivity index (χ4n) is 4.33. The molecule has 6 heteroatoms. The maximum atomic E-state index is 5.14. The van der Waals surface area contributed by atoms with Gasteiger partial charge in [-0.3, -0.25) is 19.9 Å². The molecule has 0 aliphatic carbocycles. The largest absolute Gasteiger partial charge is 0.254 e. The third kappa shape index (κ3) is 1.92. The molecule has 0 aliphatic heterocycles. The lowest BCUT2D eigenvalue weighted by Gasteiger charge is -2.11. The van der Waals surface area contributed by atoms with E-state index < -0.39 is 0 Å². The van der Waals surface area contributed by atoms with Crippen LogP contribution >= 0.6 is 0 Å². The molecule has 7 aromatic rings. The lowest BCUT2D eigenvalue weighted by molar-refractivity contribution is 1.35. The van der Waals surface area contributed by atoms with E-state index in [9.17, 15) is 0 Å². The molecule has 0 atom stereocenters. The van der Waals surface area contributed by atoms with Gasteiger partial charge >= 0.3 is 0 Å². The number of benzene rings is 2. The molecule has 0 saturated heterocycles. The minimum absolute atomic E-state index is 0.819. The first kappa shape index (κ1) is 15.6. The van der Waals surface area contributed by atoms with Crippen molar-refractivity contribution in [3.63, 3.8) is 0 Å². The minimum atomic E-state index is 0.819. The van der Waals surface area contributed by atoms with Crippen molar-refractivity contribution in [2.45, 2.75) is 0 Å². The van der Waals surface area contributed by atoms with Gasteiger partial charge in [-0.05, 0) is 48.5 Å². The third-order valence-electron chi connectivity index (χ3n) is 5.60. The number of nitrogens with zero attached hydrogens (tertiary/aromatic N) is 6. The average molecular weight is 384 g/mol. The van der Waals surface area contributed by atoms with Crippen molar-refractivity contribution < 1.29 is 0 Å². The fourth-order valence-corrected chi connectivity index (χ4v) is 4.33. The predicted molar refractivity (Wildman–Crippen MR) is 118 cm³/mol. The van der Waals surface area contributed by atoms with E-state index in [1.807, 2.05) is 48.5 Å². The molecule has 6 nitrogen and oxygen atoms in total. The van der Waals surface area contributed by atoms with Gasteiger partial charge in [-0.1, -0.05) is 0 Å². The van der Waals surface area contributed by atoms with Crippen LogP contribution in [0.4, 0.5) is 0 Å². The van der Waals surface area contributed by atoms with Crippen molar-refractivity contribution in [1.29, 1.82) is 0 Å². The zero-order chi connectivity index (χ0) is 19.7. The Morgan fingerprint density at radius 3 is 0.867 bits per heavy atom. The Balaban J connectivity index is 1.86. The van der Waals surface area contributed by atoms with Gasteiger partial charge in [0.2, 0.25) is 0 Å². The van der Waals surface area contributed by atoms with Crippen molar-refractivity contribution in [2.24, 2.45) is 0 Å². The number of rotatable bonds is 0. The molecule has 0 unspecified atom stereocenters. The lowest BCUT2D eigenvalue weighted by atomic mass is 10.0. The topological polar surface area (TPSA) is 77.3 Å². The molecule has 0 aliphatic rings. The molecule has 5 heterocycles. The molecule has 30 heavy (non-hydrogen) atoms.